The summed E-state index contributed by atoms with van der Waals surface area (Å²) < 4.78 is 0. The Morgan fingerprint density at radius 2 is 2.33 bits per heavy atom. The van der Waals surface area contributed by atoms with Crippen molar-refractivity contribution in [1.29, 1.82) is 0 Å². The first kappa shape index (κ1) is 12.6. The van der Waals surface area contributed by atoms with Gasteiger partial charge in [-0.15, -0.1) is 5.10 Å². The summed E-state index contributed by atoms with van der Waals surface area (Å²) in [6, 6.07) is 0. The zero-order chi connectivity index (χ0) is 13.0. The molecule has 0 aliphatic rings. The van der Waals surface area contributed by atoms with Crippen LogP contribution in [0.1, 0.15) is 22.0 Å². The first-order chi connectivity index (χ1) is 8.66. The van der Waals surface area contributed by atoms with E-state index in [4.69, 9.17) is 0 Å². The van der Waals surface area contributed by atoms with Crippen LogP contribution in [0, 0.1) is 13.8 Å². The lowest BCUT2D eigenvalue weighted by Crippen LogP contribution is -2.26. The lowest BCUT2D eigenvalue weighted by molar-refractivity contribution is 0.0951. The first-order valence-corrected chi connectivity index (χ1v) is 6.45. The molecular weight excluding hydrogens is 252 g/mol. The third-order valence-electron chi connectivity index (χ3n) is 2.24. The van der Waals surface area contributed by atoms with Crippen molar-refractivity contribution in [2.24, 2.45) is 0 Å². The maximum absolute atomic E-state index is 11.7. The normalized spacial score (nSPS) is 10.6. The van der Waals surface area contributed by atoms with E-state index in [0.29, 0.717) is 23.1 Å². The molecule has 7 nitrogen and oxygen atoms in total. The highest BCUT2D eigenvalue weighted by molar-refractivity contribution is 7.99. The summed E-state index contributed by atoms with van der Waals surface area (Å²) >= 11 is 1.49. The summed E-state index contributed by atoms with van der Waals surface area (Å²) in [7, 11) is 0. The predicted molar refractivity (Wildman–Crippen MR) is 67.5 cm³/mol. The highest BCUT2D eigenvalue weighted by Gasteiger charge is 2.10. The van der Waals surface area contributed by atoms with Gasteiger partial charge in [0, 0.05) is 18.0 Å². The number of imidazole rings is 1. The summed E-state index contributed by atoms with van der Waals surface area (Å²) in [5, 5.41) is 10.2. The van der Waals surface area contributed by atoms with Crippen molar-refractivity contribution in [3.63, 3.8) is 0 Å². The molecule has 0 fully saturated rings. The zero-order valence-corrected chi connectivity index (χ0v) is 11.0. The monoisotopic (exact) mass is 266 g/mol. The molecule has 0 spiro atoms. The van der Waals surface area contributed by atoms with Crippen molar-refractivity contribution in [3.8, 4) is 0 Å². The van der Waals surface area contributed by atoms with E-state index < -0.39 is 0 Å². The summed E-state index contributed by atoms with van der Waals surface area (Å²) in [5.74, 6) is 1.33. The van der Waals surface area contributed by atoms with Gasteiger partial charge in [-0.2, -0.15) is 0 Å². The lowest BCUT2D eigenvalue weighted by atomic mass is 10.3. The Labute approximate surface area is 108 Å². The van der Waals surface area contributed by atoms with Crippen LogP contribution in [0.3, 0.4) is 0 Å². The number of nitrogens with one attached hydrogen (secondary N) is 3. The van der Waals surface area contributed by atoms with Crippen LogP contribution in [0.25, 0.3) is 0 Å². The van der Waals surface area contributed by atoms with Crippen LogP contribution in [0.4, 0.5) is 0 Å². The molecule has 0 unspecified atom stereocenters. The third kappa shape index (κ3) is 3.10. The average molecular weight is 266 g/mol. The molecule has 0 saturated heterocycles. The molecule has 0 aliphatic heterocycles. The molecule has 0 atom stereocenters. The Morgan fingerprint density at radius 3 is 2.94 bits per heavy atom. The van der Waals surface area contributed by atoms with Crippen LogP contribution < -0.4 is 5.32 Å². The van der Waals surface area contributed by atoms with Crippen molar-refractivity contribution in [2.45, 2.75) is 19.0 Å². The number of thioether (sulfide) groups is 1. The van der Waals surface area contributed by atoms with Crippen molar-refractivity contribution >= 4 is 17.7 Å². The van der Waals surface area contributed by atoms with E-state index in [2.05, 4.69) is 30.5 Å². The Hall–Kier alpha value is -1.83. The van der Waals surface area contributed by atoms with Crippen molar-refractivity contribution < 1.29 is 4.79 Å². The van der Waals surface area contributed by atoms with E-state index in [0.717, 1.165) is 11.5 Å². The molecular formula is C10H14N6OS. The molecule has 3 N–H and O–H groups in total. The molecule has 2 rings (SSSR count). The van der Waals surface area contributed by atoms with Gasteiger partial charge in [-0.1, -0.05) is 11.8 Å². The number of aryl methyl sites for hydroxylation is 2. The number of hydrogen-bond donors (Lipinski definition) is 3. The van der Waals surface area contributed by atoms with Crippen molar-refractivity contribution in [2.75, 3.05) is 12.3 Å². The Kier molecular flexibility index (Phi) is 3.98. The number of hydrogen-bond acceptors (Lipinski definition) is 5. The number of aromatic nitrogens is 5. The number of rotatable bonds is 5. The molecule has 18 heavy (non-hydrogen) atoms. The van der Waals surface area contributed by atoms with Gasteiger partial charge in [-0.05, 0) is 13.8 Å². The van der Waals surface area contributed by atoms with Crippen LogP contribution in [-0.2, 0) is 0 Å². The number of aromatic amines is 2. The standard InChI is InChI=1S/C10H14N6OS/c1-6-8(13-5-12-6)9(17)11-3-4-18-10-14-7(2)15-16-10/h5H,3-4H2,1-2H3,(H,11,17)(H,12,13)(H,14,15,16). The van der Waals surface area contributed by atoms with Crippen LogP contribution in [0.5, 0.6) is 0 Å². The highest BCUT2D eigenvalue weighted by Crippen LogP contribution is 2.10. The second-order valence-electron chi connectivity index (χ2n) is 3.68. The Balaban J connectivity index is 1.73. The van der Waals surface area contributed by atoms with Crippen LogP contribution in [0.15, 0.2) is 11.5 Å². The molecule has 0 bridgehead atoms. The Bertz CT molecular complexity index is 534. The van der Waals surface area contributed by atoms with Gasteiger partial charge in [0.05, 0.1) is 6.33 Å². The molecule has 0 aromatic carbocycles. The van der Waals surface area contributed by atoms with Gasteiger partial charge in [0.25, 0.3) is 5.91 Å². The zero-order valence-electron chi connectivity index (χ0n) is 10.1. The fourth-order valence-electron chi connectivity index (χ4n) is 1.37. The van der Waals surface area contributed by atoms with Gasteiger partial charge in [0.15, 0.2) is 0 Å². The molecule has 0 aliphatic carbocycles. The second-order valence-corrected chi connectivity index (χ2v) is 4.75. The molecule has 1 amide bonds. The molecule has 96 valence electrons. The average Bonchev–Trinajstić information content (AvgIpc) is 2.93. The van der Waals surface area contributed by atoms with Crippen molar-refractivity contribution in [3.05, 3.63) is 23.5 Å². The minimum Gasteiger partial charge on any atom is -0.350 e. The number of carbonyl (C=O) groups excluding carboxylic acids is 1. The van der Waals surface area contributed by atoms with Crippen LogP contribution >= 0.6 is 11.8 Å². The quantitative estimate of drug-likeness (QED) is 0.545. The second kappa shape index (κ2) is 5.67. The fourth-order valence-corrected chi connectivity index (χ4v) is 2.06. The minimum absolute atomic E-state index is 0.166. The lowest BCUT2D eigenvalue weighted by Gasteiger charge is -2.02. The molecule has 0 saturated carbocycles. The first-order valence-electron chi connectivity index (χ1n) is 5.47. The van der Waals surface area contributed by atoms with Gasteiger partial charge < -0.3 is 10.3 Å². The predicted octanol–water partition coefficient (Wildman–Crippen LogP) is 0.667. The van der Waals surface area contributed by atoms with E-state index in [1.165, 1.54) is 18.1 Å². The largest absolute Gasteiger partial charge is 0.350 e. The Morgan fingerprint density at radius 1 is 1.50 bits per heavy atom. The molecule has 2 heterocycles. The smallest absolute Gasteiger partial charge is 0.271 e. The van der Waals surface area contributed by atoms with Gasteiger partial charge >= 0.3 is 0 Å². The summed E-state index contributed by atoms with van der Waals surface area (Å²) in [5.41, 5.74) is 1.21. The minimum atomic E-state index is -0.166. The highest BCUT2D eigenvalue weighted by atomic mass is 32.2. The topological polar surface area (TPSA) is 99.3 Å². The van der Waals surface area contributed by atoms with E-state index in [1.54, 1.807) is 0 Å². The number of H-pyrrole nitrogens is 2. The van der Waals surface area contributed by atoms with Gasteiger partial charge in [-0.3, -0.25) is 9.89 Å². The van der Waals surface area contributed by atoms with E-state index in [-0.39, 0.29) is 5.91 Å². The summed E-state index contributed by atoms with van der Waals surface area (Å²) in [6.45, 7) is 4.20. The summed E-state index contributed by atoms with van der Waals surface area (Å²) in [6.07, 6.45) is 1.51. The third-order valence-corrected chi connectivity index (χ3v) is 3.09. The van der Waals surface area contributed by atoms with Crippen molar-refractivity contribution in [1.82, 2.24) is 30.5 Å². The SMILES string of the molecule is Cc1nc(SCCNC(=O)c2nc[nH]c2C)n[nH]1. The number of carbonyl (C=O) groups is 1. The number of nitrogens with zero attached hydrogens (tertiary/aromatic N) is 3. The van der Waals surface area contributed by atoms with Gasteiger partial charge in [-0.25, -0.2) is 9.97 Å². The van der Waals surface area contributed by atoms with E-state index in [1.807, 2.05) is 13.8 Å². The fraction of sp³-hybridized carbons (Fsp3) is 0.400. The number of amides is 1. The van der Waals surface area contributed by atoms with E-state index in [9.17, 15) is 4.79 Å². The van der Waals surface area contributed by atoms with Gasteiger partial charge in [0.2, 0.25) is 5.16 Å². The maximum atomic E-state index is 11.7. The molecule has 2 aromatic rings. The van der Waals surface area contributed by atoms with Crippen LogP contribution in [0.2, 0.25) is 0 Å². The van der Waals surface area contributed by atoms with Gasteiger partial charge in [0.1, 0.15) is 11.5 Å². The maximum Gasteiger partial charge on any atom is 0.271 e. The van der Waals surface area contributed by atoms with E-state index >= 15 is 0 Å². The molecule has 2 aromatic heterocycles. The van der Waals surface area contributed by atoms with Crippen LogP contribution in [-0.4, -0.2) is 43.4 Å². The molecule has 8 heteroatoms. The molecule has 0 radical (unpaired) electrons. The summed E-state index contributed by atoms with van der Waals surface area (Å²) in [4.78, 5) is 22.7.